The largest absolute Gasteiger partial charge is 0.495 e. The Balaban J connectivity index is 2.55. The summed E-state index contributed by atoms with van der Waals surface area (Å²) in [5.41, 5.74) is 1.58. The number of methoxy groups -OCH3 is 1. The SMILES string of the molecule is COc1ccc(-c2cnc(Br)[nH]2)c(Cl)c1Cl. The van der Waals surface area contributed by atoms with Gasteiger partial charge >= 0.3 is 0 Å². The van der Waals surface area contributed by atoms with E-state index < -0.39 is 0 Å². The standard InChI is InChI=1S/C10H7BrCl2N2O/c1-16-7-3-2-5(8(12)9(7)13)6-4-14-10(11)15-6/h2-4H,1H3,(H,14,15). The first kappa shape index (κ1) is 11.8. The zero-order valence-electron chi connectivity index (χ0n) is 8.22. The van der Waals surface area contributed by atoms with Crippen LogP contribution in [0.5, 0.6) is 5.75 Å². The molecule has 1 heterocycles. The van der Waals surface area contributed by atoms with Crippen LogP contribution in [0.25, 0.3) is 11.3 Å². The molecule has 0 aliphatic carbocycles. The van der Waals surface area contributed by atoms with Crippen LogP contribution in [0.1, 0.15) is 0 Å². The lowest BCUT2D eigenvalue weighted by molar-refractivity contribution is 0.415. The Hall–Kier alpha value is -0.710. The highest BCUT2D eigenvalue weighted by atomic mass is 79.9. The van der Waals surface area contributed by atoms with E-state index in [1.165, 1.54) is 0 Å². The topological polar surface area (TPSA) is 37.9 Å². The Bertz CT molecular complexity index is 528. The number of nitrogens with zero attached hydrogens (tertiary/aromatic N) is 1. The minimum Gasteiger partial charge on any atom is -0.495 e. The van der Waals surface area contributed by atoms with E-state index >= 15 is 0 Å². The van der Waals surface area contributed by atoms with Gasteiger partial charge in [-0.1, -0.05) is 23.2 Å². The molecule has 2 aromatic rings. The third kappa shape index (κ3) is 2.05. The van der Waals surface area contributed by atoms with E-state index in [9.17, 15) is 0 Å². The molecule has 2 rings (SSSR count). The molecule has 1 aromatic heterocycles. The molecule has 16 heavy (non-hydrogen) atoms. The Morgan fingerprint density at radius 3 is 2.62 bits per heavy atom. The molecule has 0 radical (unpaired) electrons. The lowest BCUT2D eigenvalue weighted by Crippen LogP contribution is -1.87. The molecular formula is C10H7BrCl2N2O. The van der Waals surface area contributed by atoms with Crippen LogP contribution in [0.2, 0.25) is 10.0 Å². The number of hydrogen-bond acceptors (Lipinski definition) is 2. The van der Waals surface area contributed by atoms with Crippen molar-refractivity contribution in [3.05, 3.63) is 33.1 Å². The predicted octanol–water partition coefficient (Wildman–Crippen LogP) is 4.15. The Labute approximate surface area is 111 Å². The van der Waals surface area contributed by atoms with Gasteiger partial charge in [-0.05, 0) is 28.1 Å². The summed E-state index contributed by atoms with van der Waals surface area (Å²) < 4.78 is 5.71. The molecule has 0 amide bonds. The van der Waals surface area contributed by atoms with Crippen LogP contribution in [0, 0.1) is 0 Å². The third-order valence-corrected chi connectivity index (χ3v) is 3.37. The summed E-state index contributed by atoms with van der Waals surface area (Å²) in [6, 6.07) is 3.59. The highest BCUT2D eigenvalue weighted by Gasteiger charge is 2.13. The Morgan fingerprint density at radius 1 is 1.31 bits per heavy atom. The molecule has 84 valence electrons. The molecule has 0 saturated carbocycles. The van der Waals surface area contributed by atoms with Crippen molar-refractivity contribution in [3.8, 4) is 17.0 Å². The molecule has 0 unspecified atom stereocenters. The average Bonchev–Trinajstić information content (AvgIpc) is 2.69. The monoisotopic (exact) mass is 320 g/mol. The lowest BCUT2D eigenvalue weighted by Gasteiger charge is -2.07. The van der Waals surface area contributed by atoms with Crippen LogP contribution in [0.15, 0.2) is 23.1 Å². The van der Waals surface area contributed by atoms with Gasteiger partial charge in [-0.25, -0.2) is 4.98 Å². The van der Waals surface area contributed by atoms with Gasteiger partial charge in [0.1, 0.15) is 10.8 Å². The first-order valence-electron chi connectivity index (χ1n) is 4.36. The van der Waals surface area contributed by atoms with Crippen LogP contribution in [0.4, 0.5) is 0 Å². The van der Waals surface area contributed by atoms with Crippen molar-refractivity contribution < 1.29 is 4.74 Å². The van der Waals surface area contributed by atoms with Crippen LogP contribution in [-0.2, 0) is 0 Å². The molecule has 0 atom stereocenters. The maximum Gasteiger partial charge on any atom is 0.174 e. The van der Waals surface area contributed by atoms with E-state index in [2.05, 4.69) is 25.9 Å². The minimum atomic E-state index is 0.396. The van der Waals surface area contributed by atoms with Gasteiger partial charge in [-0.15, -0.1) is 0 Å². The molecule has 0 aliphatic rings. The van der Waals surface area contributed by atoms with Gasteiger partial charge in [0.05, 0.1) is 24.0 Å². The fourth-order valence-electron chi connectivity index (χ4n) is 1.33. The van der Waals surface area contributed by atoms with Crippen LogP contribution >= 0.6 is 39.1 Å². The second-order valence-electron chi connectivity index (χ2n) is 3.03. The molecule has 1 N–H and O–H groups in total. The van der Waals surface area contributed by atoms with Crippen molar-refractivity contribution >= 4 is 39.1 Å². The number of aromatic nitrogens is 2. The first-order valence-corrected chi connectivity index (χ1v) is 5.91. The summed E-state index contributed by atoms with van der Waals surface area (Å²) in [6.07, 6.45) is 1.67. The maximum atomic E-state index is 6.15. The fourth-order valence-corrected chi connectivity index (χ4v) is 2.15. The van der Waals surface area contributed by atoms with E-state index in [1.54, 1.807) is 19.4 Å². The van der Waals surface area contributed by atoms with Gasteiger partial charge in [-0.2, -0.15) is 0 Å². The molecule has 0 aliphatic heterocycles. The summed E-state index contributed by atoms with van der Waals surface area (Å²) in [5.74, 6) is 0.550. The van der Waals surface area contributed by atoms with E-state index in [1.807, 2.05) is 6.07 Å². The highest BCUT2D eigenvalue weighted by Crippen LogP contribution is 2.38. The number of benzene rings is 1. The summed E-state index contributed by atoms with van der Waals surface area (Å²) in [6.45, 7) is 0. The summed E-state index contributed by atoms with van der Waals surface area (Å²) in [7, 11) is 1.55. The number of rotatable bonds is 2. The summed E-state index contributed by atoms with van der Waals surface area (Å²) >= 11 is 15.4. The molecule has 1 aromatic carbocycles. The normalized spacial score (nSPS) is 10.5. The van der Waals surface area contributed by atoms with Crippen molar-refractivity contribution in [3.63, 3.8) is 0 Å². The van der Waals surface area contributed by atoms with Crippen molar-refractivity contribution in [1.29, 1.82) is 0 Å². The second-order valence-corrected chi connectivity index (χ2v) is 4.54. The molecule has 0 spiro atoms. The number of ether oxygens (including phenoxy) is 1. The molecule has 0 bridgehead atoms. The number of halogens is 3. The number of imidazole rings is 1. The van der Waals surface area contributed by atoms with Crippen molar-refractivity contribution in [2.24, 2.45) is 0 Å². The maximum absolute atomic E-state index is 6.15. The highest BCUT2D eigenvalue weighted by molar-refractivity contribution is 9.10. The number of nitrogens with one attached hydrogen (secondary N) is 1. The van der Waals surface area contributed by atoms with Gasteiger partial charge < -0.3 is 9.72 Å². The minimum absolute atomic E-state index is 0.396. The zero-order valence-corrected chi connectivity index (χ0v) is 11.3. The summed E-state index contributed by atoms with van der Waals surface area (Å²) in [5, 5.41) is 0.838. The van der Waals surface area contributed by atoms with E-state index in [-0.39, 0.29) is 0 Å². The predicted molar refractivity (Wildman–Crippen MR) is 68.3 cm³/mol. The van der Waals surface area contributed by atoms with Crippen LogP contribution in [0.3, 0.4) is 0 Å². The average molecular weight is 322 g/mol. The number of aromatic amines is 1. The lowest BCUT2D eigenvalue weighted by atomic mass is 10.1. The van der Waals surface area contributed by atoms with Crippen LogP contribution in [-0.4, -0.2) is 17.1 Å². The Kier molecular flexibility index (Phi) is 3.42. The van der Waals surface area contributed by atoms with Gasteiger partial charge in [0.15, 0.2) is 4.73 Å². The van der Waals surface area contributed by atoms with Crippen molar-refractivity contribution in [2.45, 2.75) is 0 Å². The molecule has 3 nitrogen and oxygen atoms in total. The number of H-pyrrole nitrogens is 1. The van der Waals surface area contributed by atoms with Crippen molar-refractivity contribution in [2.75, 3.05) is 7.11 Å². The van der Waals surface area contributed by atoms with E-state index in [0.29, 0.717) is 20.5 Å². The number of hydrogen-bond donors (Lipinski definition) is 1. The van der Waals surface area contributed by atoms with Crippen molar-refractivity contribution in [1.82, 2.24) is 9.97 Å². The fraction of sp³-hybridized carbons (Fsp3) is 0.100. The first-order chi connectivity index (χ1) is 7.63. The van der Waals surface area contributed by atoms with Gasteiger partial charge in [-0.3, -0.25) is 0 Å². The second kappa shape index (κ2) is 4.65. The van der Waals surface area contributed by atoms with Crippen LogP contribution < -0.4 is 4.74 Å². The molecule has 0 fully saturated rings. The third-order valence-electron chi connectivity index (χ3n) is 2.10. The quantitative estimate of drug-likeness (QED) is 0.902. The molecular weight excluding hydrogens is 315 g/mol. The summed E-state index contributed by atoms with van der Waals surface area (Å²) in [4.78, 5) is 7.05. The Morgan fingerprint density at radius 2 is 2.06 bits per heavy atom. The van der Waals surface area contributed by atoms with E-state index in [4.69, 9.17) is 27.9 Å². The van der Waals surface area contributed by atoms with Gasteiger partial charge in [0.25, 0.3) is 0 Å². The molecule has 0 saturated heterocycles. The zero-order chi connectivity index (χ0) is 11.7. The smallest absolute Gasteiger partial charge is 0.174 e. The van der Waals surface area contributed by atoms with Gasteiger partial charge in [0.2, 0.25) is 0 Å². The van der Waals surface area contributed by atoms with E-state index in [0.717, 1.165) is 11.3 Å². The molecule has 6 heteroatoms. The van der Waals surface area contributed by atoms with Gasteiger partial charge in [0, 0.05) is 5.56 Å².